The highest BCUT2D eigenvalue weighted by Crippen LogP contribution is 2.37. The number of carbonyl (C=O) groups excluding carboxylic acids is 1. The van der Waals surface area contributed by atoms with Crippen molar-refractivity contribution in [2.45, 2.75) is 13.5 Å². The van der Waals surface area contributed by atoms with E-state index in [1.807, 2.05) is 49.4 Å². The van der Waals surface area contributed by atoms with Gasteiger partial charge in [-0.3, -0.25) is 9.69 Å². The summed E-state index contributed by atoms with van der Waals surface area (Å²) in [5.74, 6) is 0.552. The Labute approximate surface area is 206 Å². The predicted octanol–water partition coefficient (Wildman–Crippen LogP) is 6.86. The first-order valence-corrected chi connectivity index (χ1v) is 11.7. The van der Waals surface area contributed by atoms with Gasteiger partial charge in [0.15, 0.2) is 15.8 Å². The molecule has 1 amide bonds. The van der Waals surface area contributed by atoms with Crippen LogP contribution in [0.25, 0.3) is 6.08 Å². The molecule has 0 atom stereocenters. The summed E-state index contributed by atoms with van der Waals surface area (Å²) in [6.45, 7) is 2.73. The van der Waals surface area contributed by atoms with Crippen molar-refractivity contribution in [3.8, 4) is 11.5 Å². The summed E-state index contributed by atoms with van der Waals surface area (Å²) in [6, 6.07) is 18.6. The minimum Gasteiger partial charge on any atom is -0.490 e. The number of thioether (sulfide) groups is 1. The molecular weight excluding hydrogens is 481 g/mol. The number of nitrogens with zero attached hydrogens (tertiary/aromatic N) is 1. The molecule has 0 radical (unpaired) electrons. The number of benzene rings is 3. The fourth-order valence-electron chi connectivity index (χ4n) is 3.18. The fourth-order valence-corrected chi connectivity index (χ4v) is 4.60. The van der Waals surface area contributed by atoms with Crippen LogP contribution in [-0.4, -0.2) is 16.8 Å². The van der Waals surface area contributed by atoms with Crippen LogP contribution in [0.2, 0.25) is 5.02 Å². The highest BCUT2D eigenvalue weighted by atomic mass is 35.5. The zero-order valence-corrected chi connectivity index (χ0v) is 20.0. The quantitative estimate of drug-likeness (QED) is 0.262. The van der Waals surface area contributed by atoms with Gasteiger partial charge in [0.05, 0.1) is 17.2 Å². The van der Waals surface area contributed by atoms with Crippen molar-refractivity contribution in [1.29, 1.82) is 0 Å². The van der Waals surface area contributed by atoms with E-state index < -0.39 is 0 Å². The number of amides is 1. The molecule has 1 saturated heterocycles. The number of anilines is 1. The molecule has 0 aromatic heterocycles. The Morgan fingerprint density at radius 3 is 2.45 bits per heavy atom. The van der Waals surface area contributed by atoms with Crippen LogP contribution in [0.5, 0.6) is 11.5 Å². The summed E-state index contributed by atoms with van der Waals surface area (Å²) in [5, 5.41) is 0.669. The molecule has 8 heteroatoms. The Hall–Kier alpha value is -2.87. The number of rotatable bonds is 7. The molecule has 0 N–H and O–H groups in total. The molecule has 1 aliphatic heterocycles. The Kier molecular flexibility index (Phi) is 7.33. The highest BCUT2D eigenvalue weighted by Gasteiger charge is 2.33. The molecule has 3 aromatic rings. The number of halogens is 2. The third kappa shape index (κ3) is 5.55. The van der Waals surface area contributed by atoms with Crippen molar-refractivity contribution in [3.05, 3.63) is 93.6 Å². The van der Waals surface area contributed by atoms with Crippen LogP contribution in [0.4, 0.5) is 10.1 Å². The molecule has 0 saturated carbocycles. The minimum atomic E-state index is -0.374. The Morgan fingerprint density at radius 1 is 1.03 bits per heavy atom. The largest absolute Gasteiger partial charge is 0.490 e. The second-order valence-electron chi connectivity index (χ2n) is 7.05. The molecule has 0 bridgehead atoms. The van der Waals surface area contributed by atoms with E-state index in [1.54, 1.807) is 6.08 Å². The molecule has 0 unspecified atom stereocenters. The Balaban J connectivity index is 1.54. The molecule has 0 aliphatic carbocycles. The lowest BCUT2D eigenvalue weighted by molar-refractivity contribution is -0.113. The third-order valence-electron chi connectivity index (χ3n) is 4.75. The maximum atomic E-state index is 13.3. The summed E-state index contributed by atoms with van der Waals surface area (Å²) >= 11 is 12.5. The molecule has 1 aliphatic rings. The van der Waals surface area contributed by atoms with Crippen molar-refractivity contribution in [3.63, 3.8) is 0 Å². The second-order valence-corrected chi connectivity index (χ2v) is 9.16. The van der Waals surface area contributed by atoms with Gasteiger partial charge in [0.1, 0.15) is 12.4 Å². The van der Waals surface area contributed by atoms with Crippen molar-refractivity contribution >= 4 is 57.6 Å². The van der Waals surface area contributed by atoms with Gasteiger partial charge >= 0.3 is 0 Å². The van der Waals surface area contributed by atoms with Crippen molar-refractivity contribution in [1.82, 2.24) is 0 Å². The van der Waals surface area contributed by atoms with Crippen molar-refractivity contribution in [2.24, 2.45) is 0 Å². The summed E-state index contributed by atoms with van der Waals surface area (Å²) in [6.07, 6.45) is 1.76. The predicted molar refractivity (Wildman–Crippen MR) is 135 cm³/mol. The molecule has 4 nitrogen and oxygen atoms in total. The molecule has 33 heavy (non-hydrogen) atoms. The smallest absolute Gasteiger partial charge is 0.270 e. The monoisotopic (exact) mass is 499 g/mol. The lowest BCUT2D eigenvalue weighted by Gasteiger charge is -2.14. The van der Waals surface area contributed by atoms with E-state index in [1.165, 1.54) is 40.9 Å². The molecule has 4 rings (SSSR count). The van der Waals surface area contributed by atoms with E-state index in [4.69, 9.17) is 33.3 Å². The first-order valence-electron chi connectivity index (χ1n) is 10.1. The Morgan fingerprint density at radius 2 is 1.76 bits per heavy atom. The first kappa shape index (κ1) is 23.3. The molecule has 1 heterocycles. The summed E-state index contributed by atoms with van der Waals surface area (Å²) in [4.78, 5) is 14.8. The number of hydrogen-bond acceptors (Lipinski definition) is 5. The number of thiocarbonyl (C=S) groups is 1. The number of carbonyl (C=O) groups is 1. The van der Waals surface area contributed by atoms with E-state index >= 15 is 0 Å². The normalized spacial score (nSPS) is 14.8. The maximum absolute atomic E-state index is 13.3. The molecular formula is C25H19ClFNO3S2. The second kappa shape index (κ2) is 10.4. The van der Waals surface area contributed by atoms with Gasteiger partial charge in [-0.2, -0.15) is 0 Å². The third-order valence-corrected chi connectivity index (χ3v) is 6.31. The van der Waals surface area contributed by atoms with Crippen molar-refractivity contribution in [2.75, 3.05) is 11.5 Å². The van der Waals surface area contributed by atoms with E-state index in [-0.39, 0.29) is 11.7 Å². The molecule has 168 valence electrons. The van der Waals surface area contributed by atoms with E-state index in [2.05, 4.69) is 0 Å². The van der Waals surface area contributed by atoms with Gasteiger partial charge < -0.3 is 9.47 Å². The minimum absolute atomic E-state index is 0.252. The SMILES string of the molecule is CCOc1cc(C=C2SC(=S)N(c3ccc(F)cc3)C2=O)ccc1OCc1ccc(Cl)cc1. The van der Waals surface area contributed by atoms with Crippen LogP contribution < -0.4 is 14.4 Å². The zero-order chi connectivity index (χ0) is 23.4. The fraction of sp³-hybridized carbons (Fsp3) is 0.120. The topological polar surface area (TPSA) is 38.8 Å². The van der Waals surface area contributed by atoms with Crippen LogP contribution in [0, 0.1) is 5.82 Å². The van der Waals surface area contributed by atoms with Crippen LogP contribution in [-0.2, 0) is 11.4 Å². The standard InChI is InChI=1S/C25H19ClFNO3S2/c1-2-30-22-13-17(5-12-21(22)31-15-16-3-6-18(26)7-4-16)14-23-24(29)28(25(32)33-23)20-10-8-19(27)9-11-20/h3-14H,2,15H2,1H3. The summed E-state index contributed by atoms with van der Waals surface area (Å²) in [7, 11) is 0. The van der Waals surface area contributed by atoms with Crippen LogP contribution in [0.1, 0.15) is 18.1 Å². The summed E-state index contributed by atoms with van der Waals surface area (Å²) in [5.41, 5.74) is 2.29. The average Bonchev–Trinajstić information content (AvgIpc) is 3.08. The van der Waals surface area contributed by atoms with Gasteiger partial charge in [-0.1, -0.05) is 53.8 Å². The number of hydrogen-bond donors (Lipinski definition) is 0. The van der Waals surface area contributed by atoms with Crippen molar-refractivity contribution < 1.29 is 18.7 Å². The van der Waals surface area contributed by atoms with Gasteiger partial charge in [0, 0.05) is 5.02 Å². The number of ether oxygens (including phenoxy) is 2. The van der Waals surface area contributed by atoms with Gasteiger partial charge in [-0.15, -0.1) is 0 Å². The Bertz CT molecular complexity index is 1210. The van der Waals surface area contributed by atoms with Crippen LogP contribution >= 0.6 is 35.6 Å². The summed E-state index contributed by atoms with van der Waals surface area (Å²) < 4.78 is 25.3. The van der Waals surface area contributed by atoms with Gasteiger partial charge in [-0.05, 0) is 72.7 Å². The lowest BCUT2D eigenvalue weighted by Crippen LogP contribution is -2.27. The van der Waals surface area contributed by atoms with Crippen LogP contribution in [0.3, 0.4) is 0 Å². The van der Waals surface area contributed by atoms with E-state index in [0.717, 1.165) is 11.1 Å². The molecule has 1 fully saturated rings. The molecule has 3 aromatic carbocycles. The van der Waals surface area contributed by atoms with Crippen LogP contribution in [0.15, 0.2) is 71.6 Å². The lowest BCUT2D eigenvalue weighted by atomic mass is 10.1. The van der Waals surface area contributed by atoms with Gasteiger partial charge in [0.2, 0.25) is 0 Å². The maximum Gasteiger partial charge on any atom is 0.270 e. The van der Waals surface area contributed by atoms with E-state index in [0.29, 0.717) is 44.6 Å². The zero-order valence-electron chi connectivity index (χ0n) is 17.6. The molecule has 0 spiro atoms. The van der Waals surface area contributed by atoms with E-state index in [9.17, 15) is 9.18 Å². The van der Waals surface area contributed by atoms with Gasteiger partial charge in [-0.25, -0.2) is 4.39 Å². The van der Waals surface area contributed by atoms with Gasteiger partial charge in [0.25, 0.3) is 5.91 Å². The average molecular weight is 500 g/mol. The highest BCUT2D eigenvalue weighted by molar-refractivity contribution is 8.27. The first-order chi connectivity index (χ1) is 15.9.